The van der Waals surface area contributed by atoms with Crippen molar-refractivity contribution < 1.29 is 9.18 Å². The zero-order valence-corrected chi connectivity index (χ0v) is 10.5. The number of amides is 1. The van der Waals surface area contributed by atoms with Crippen LogP contribution in [0.15, 0.2) is 36.4 Å². The Balaban J connectivity index is 1.97. The van der Waals surface area contributed by atoms with Crippen molar-refractivity contribution >= 4 is 16.7 Å². The van der Waals surface area contributed by atoms with Crippen molar-refractivity contribution in [3.05, 3.63) is 47.8 Å². The van der Waals surface area contributed by atoms with E-state index in [1.54, 1.807) is 29.2 Å². The summed E-state index contributed by atoms with van der Waals surface area (Å²) in [6.45, 7) is 2.00. The lowest BCUT2D eigenvalue weighted by Gasteiger charge is -2.38. The van der Waals surface area contributed by atoms with Gasteiger partial charge in [0.15, 0.2) is 0 Å². The molecular formula is C15H15FN2O. The maximum absolute atomic E-state index is 13.7. The quantitative estimate of drug-likeness (QED) is 0.895. The van der Waals surface area contributed by atoms with Crippen LogP contribution in [0.25, 0.3) is 10.8 Å². The second-order valence-electron chi connectivity index (χ2n) is 4.95. The van der Waals surface area contributed by atoms with Gasteiger partial charge in [-0.25, -0.2) is 4.39 Å². The number of carbonyl (C=O) groups excluding carboxylic acids is 1. The summed E-state index contributed by atoms with van der Waals surface area (Å²) in [5.41, 5.74) is 6.12. The highest BCUT2D eigenvalue weighted by Crippen LogP contribution is 2.25. The standard InChI is InChI=1S/C15H15FN2O/c16-14-6-5-13(11-3-1-2-4-12(11)14)15(19)18-8-10(7-17)9-18/h1-6,10H,7-9,17H2. The van der Waals surface area contributed by atoms with Crippen LogP contribution in [0.3, 0.4) is 0 Å². The molecule has 2 aromatic rings. The fraction of sp³-hybridized carbons (Fsp3) is 0.267. The van der Waals surface area contributed by atoms with Gasteiger partial charge in [-0.2, -0.15) is 0 Å². The first-order valence-electron chi connectivity index (χ1n) is 6.37. The minimum Gasteiger partial charge on any atom is -0.338 e. The highest BCUT2D eigenvalue weighted by atomic mass is 19.1. The monoisotopic (exact) mass is 258 g/mol. The fourth-order valence-corrected chi connectivity index (χ4v) is 2.50. The molecule has 1 aliphatic rings. The third-order valence-corrected chi connectivity index (χ3v) is 3.68. The zero-order valence-electron chi connectivity index (χ0n) is 10.5. The molecule has 0 bridgehead atoms. The number of likely N-dealkylation sites (tertiary alicyclic amines) is 1. The molecule has 1 aliphatic heterocycles. The molecule has 3 rings (SSSR count). The van der Waals surface area contributed by atoms with Crippen LogP contribution in [0.5, 0.6) is 0 Å². The van der Waals surface area contributed by atoms with Crippen molar-refractivity contribution in [3.63, 3.8) is 0 Å². The van der Waals surface area contributed by atoms with Gasteiger partial charge in [0.05, 0.1) is 0 Å². The molecule has 1 fully saturated rings. The summed E-state index contributed by atoms with van der Waals surface area (Å²) < 4.78 is 13.7. The molecule has 0 atom stereocenters. The smallest absolute Gasteiger partial charge is 0.254 e. The van der Waals surface area contributed by atoms with Gasteiger partial charge in [0, 0.05) is 30.0 Å². The minimum atomic E-state index is -0.296. The molecule has 0 radical (unpaired) electrons. The molecule has 4 heteroatoms. The van der Waals surface area contributed by atoms with Crippen molar-refractivity contribution in [1.82, 2.24) is 4.90 Å². The summed E-state index contributed by atoms with van der Waals surface area (Å²) in [5, 5.41) is 1.16. The van der Waals surface area contributed by atoms with E-state index >= 15 is 0 Å². The molecule has 2 aromatic carbocycles. The maximum Gasteiger partial charge on any atom is 0.254 e. The Kier molecular flexibility index (Phi) is 2.95. The molecule has 1 heterocycles. The minimum absolute atomic E-state index is 0.0408. The van der Waals surface area contributed by atoms with E-state index in [0.29, 0.717) is 41.9 Å². The molecule has 0 unspecified atom stereocenters. The van der Waals surface area contributed by atoms with Crippen molar-refractivity contribution in [3.8, 4) is 0 Å². The summed E-state index contributed by atoms with van der Waals surface area (Å²) in [7, 11) is 0. The van der Waals surface area contributed by atoms with Crippen LogP contribution in [0.4, 0.5) is 4.39 Å². The second kappa shape index (κ2) is 4.63. The first kappa shape index (κ1) is 12.1. The van der Waals surface area contributed by atoms with Gasteiger partial charge in [0.25, 0.3) is 5.91 Å². The van der Waals surface area contributed by atoms with Crippen LogP contribution >= 0.6 is 0 Å². The molecule has 0 spiro atoms. The number of carbonyl (C=O) groups is 1. The maximum atomic E-state index is 13.7. The predicted octanol–water partition coefficient (Wildman–Crippen LogP) is 2.01. The first-order chi connectivity index (χ1) is 9.20. The van der Waals surface area contributed by atoms with Gasteiger partial charge < -0.3 is 10.6 Å². The molecule has 98 valence electrons. The van der Waals surface area contributed by atoms with Crippen molar-refractivity contribution in [1.29, 1.82) is 0 Å². The van der Waals surface area contributed by atoms with E-state index in [0.717, 1.165) is 0 Å². The van der Waals surface area contributed by atoms with Gasteiger partial charge in [-0.1, -0.05) is 24.3 Å². The van der Waals surface area contributed by atoms with E-state index in [1.807, 2.05) is 6.07 Å². The lowest BCUT2D eigenvalue weighted by atomic mass is 9.97. The van der Waals surface area contributed by atoms with E-state index in [2.05, 4.69) is 0 Å². The Bertz CT molecular complexity index is 635. The molecule has 3 nitrogen and oxygen atoms in total. The molecule has 1 saturated heterocycles. The Morgan fingerprint density at radius 2 is 1.89 bits per heavy atom. The highest BCUT2D eigenvalue weighted by Gasteiger charge is 2.30. The van der Waals surface area contributed by atoms with Gasteiger partial charge >= 0.3 is 0 Å². The summed E-state index contributed by atoms with van der Waals surface area (Å²) in [6.07, 6.45) is 0. The topological polar surface area (TPSA) is 46.3 Å². The third kappa shape index (κ3) is 1.98. The molecule has 0 saturated carbocycles. The number of halogens is 1. The lowest BCUT2D eigenvalue weighted by molar-refractivity contribution is 0.0517. The Hall–Kier alpha value is -1.94. The van der Waals surface area contributed by atoms with Gasteiger partial charge in [0.1, 0.15) is 5.82 Å². The predicted molar refractivity (Wildman–Crippen MR) is 72.4 cm³/mol. The normalized spacial score (nSPS) is 15.6. The van der Waals surface area contributed by atoms with Gasteiger partial charge in [-0.15, -0.1) is 0 Å². The van der Waals surface area contributed by atoms with Gasteiger partial charge in [-0.05, 0) is 24.1 Å². The number of nitrogens with zero attached hydrogens (tertiary/aromatic N) is 1. The fourth-order valence-electron chi connectivity index (χ4n) is 2.50. The third-order valence-electron chi connectivity index (χ3n) is 3.68. The number of hydrogen-bond acceptors (Lipinski definition) is 2. The summed E-state index contributed by atoms with van der Waals surface area (Å²) in [5.74, 6) is 0.0622. The molecule has 0 aliphatic carbocycles. The Morgan fingerprint density at radius 1 is 1.21 bits per heavy atom. The molecule has 2 N–H and O–H groups in total. The summed E-state index contributed by atoms with van der Waals surface area (Å²) >= 11 is 0. The van der Waals surface area contributed by atoms with Crippen LogP contribution in [0.1, 0.15) is 10.4 Å². The molecule has 19 heavy (non-hydrogen) atoms. The number of fused-ring (bicyclic) bond motifs is 1. The van der Waals surface area contributed by atoms with Crippen molar-refractivity contribution in [2.75, 3.05) is 19.6 Å². The average molecular weight is 258 g/mol. The lowest BCUT2D eigenvalue weighted by Crippen LogP contribution is -2.52. The highest BCUT2D eigenvalue weighted by molar-refractivity contribution is 6.07. The first-order valence-corrected chi connectivity index (χ1v) is 6.37. The average Bonchev–Trinajstić information content (AvgIpc) is 2.38. The van der Waals surface area contributed by atoms with Gasteiger partial charge in [0.2, 0.25) is 0 Å². The van der Waals surface area contributed by atoms with Crippen LogP contribution in [-0.2, 0) is 0 Å². The van der Waals surface area contributed by atoms with E-state index in [4.69, 9.17) is 5.73 Å². The van der Waals surface area contributed by atoms with Crippen LogP contribution in [0.2, 0.25) is 0 Å². The second-order valence-corrected chi connectivity index (χ2v) is 4.95. The number of rotatable bonds is 2. The van der Waals surface area contributed by atoms with E-state index in [1.165, 1.54) is 6.07 Å². The molecule has 0 aromatic heterocycles. The van der Waals surface area contributed by atoms with E-state index in [-0.39, 0.29) is 11.7 Å². The molecular weight excluding hydrogens is 243 g/mol. The van der Waals surface area contributed by atoms with Crippen molar-refractivity contribution in [2.45, 2.75) is 0 Å². The van der Waals surface area contributed by atoms with Crippen LogP contribution in [-0.4, -0.2) is 30.4 Å². The number of nitrogens with two attached hydrogens (primary N) is 1. The Morgan fingerprint density at radius 3 is 2.58 bits per heavy atom. The number of hydrogen-bond donors (Lipinski definition) is 1. The summed E-state index contributed by atoms with van der Waals surface area (Å²) in [4.78, 5) is 14.1. The van der Waals surface area contributed by atoms with E-state index < -0.39 is 0 Å². The van der Waals surface area contributed by atoms with E-state index in [9.17, 15) is 9.18 Å². The zero-order chi connectivity index (χ0) is 13.4. The molecule has 1 amide bonds. The SMILES string of the molecule is NCC1CN(C(=O)c2ccc(F)c3ccccc23)C1. The number of benzene rings is 2. The summed E-state index contributed by atoms with van der Waals surface area (Å²) in [6, 6.07) is 9.99. The Labute approximate surface area is 110 Å². The van der Waals surface area contributed by atoms with Gasteiger partial charge in [-0.3, -0.25) is 4.79 Å². The van der Waals surface area contributed by atoms with Crippen LogP contribution in [0, 0.1) is 11.7 Å². The largest absolute Gasteiger partial charge is 0.338 e. The van der Waals surface area contributed by atoms with Crippen LogP contribution < -0.4 is 5.73 Å². The van der Waals surface area contributed by atoms with Crippen molar-refractivity contribution in [2.24, 2.45) is 11.7 Å².